The SMILES string of the molecule is CC(C)(C)[Si](C)(C)N=S(=O)(NC(=O)Nc1c2c(cc3c1CCC3)CCC2)c1ccc(N=S(C)(C)=O)s1. The second-order valence-electron chi connectivity index (χ2n) is 11.6. The van der Waals surface area contributed by atoms with Gasteiger partial charge in [-0.05, 0) is 91.0 Å². The van der Waals surface area contributed by atoms with Crippen LogP contribution in [0.4, 0.5) is 15.5 Å². The van der Waals surface area contributed by atoms with Gasteiger partial charge in [-0.2, -0.15) is 4.36 Å². The van der Waals surface area contributed by atoms with E-state index in [9.17, 15) is 13.2 Å². The number of anilines is 1. The van der Waals surface area contributed by atoms with Crippen LogP contribution in [0.5, 0.6) is 0 Å². The van der Waals surface area contributed by atoms with Crippen molar-refractivity contribution in [3.63, 3.8) is 0 Å². The van der Waals surface area contributed by atoms with Crippen molar-refractivity contribution in [2.45, 2.75) is 81.6 Å². The number of amides is 2. The number of benzene rings is 1. The van der Waals surface area contributed by atoms with Crippen molar-refractivity contribution in [3.8, 4) is 0 Å². The Labute approximate surface area is 221 Å². The minimum atomic E-state index is -3.30. The first-order valence-corrected chi connectivity index (χ1v) is 20.0. The highest BCUT2D eigenvalue weighted by Gasteiger charge is 2.38. The molecule has 2 N–H and O–H groups in total. The van der Waals surface area contributed by atoms with Gasteiger partial charge in [0.1, 0.15) is 9.21 Å². The van der Waals surface area contributed by atoms with E-state index < -0.39 is 33.9 Å². The standard InChI is InChI=1S/C25H38N4O3S3Si/c1-25(2,3)36(6,7)29-35(32,22-15-14-21(33-22)27-34(4,5)31)28-24(30)26-23-19-12-8-10-17(19)16-18-11-9-13-20(18)23/h14-16H,8-13H2,1-7H3,(H2,26,28,29,30,32). The van der Waals surface area contributed by atoms with E-state index in [1.807, 2.05) is 0 Å². The predicted molar refractivity (Wildman–Crippen MR) is 155 cm³/mol. The van der Waals surface area contributed by atoms with Gasteiger partial charge >= 0.3 is 6.03 Å². The zero-order valence-corrected chi connectivity index (χ0v) is 25.8. The Bertz CT molecular complexity index is 1410. The Balaban J connectivity index is 1.74. The smallest absolute Gasteiger partial charge is 0.307 e. The molecule has 2 aromatic rings. The van der Waals surface area contributed by atoms with Crippen molar-refractivity contribution in [2.24, 2.45) is 8.39 Å². The lowest BCUT2D eigenvalue weighted by Crippen LogP contribution is -2.41. The van der Waals surface area contributed by atoms with Crippen molar-refractivity contribution in [2.75, 3.05) is 17.8 Å². The van der Waals surface area contributed by atoms with E-state index in [1.54, 1.807) is 24.6 Å². The highest BCUT2D eigenvalue weighted by molar-refractivity contribution is 7.95. The molecule has 1 unspecified atom stereocenters. The van der Waals surface area contributed by atoms with E-state index in [4.69, 9.17) is 4.03 Å². The van der Waals surface area contributed by atoms with Crippen LogP contribution in [0.15, 0.2) is 30.8 Å². The van der Waals surface area contributed by atoms with E-state index in [2.05, 4.69) is 54.3 Å². The molecular formula is C25H38N4O3S3Si. The number of thiophene rings is 1. The van der Waals surface area contributed by atoms with Gasteiger partial charge < -0.3 is 5.32 Å². The molecule has 1 atom stereocenters. The molecule has 0 fully saturated rings. The summed E-state index contributed by atoms with van der Waals surface area (Å²) >= 11 is 1.17. The Hall–Kier alpha value is -1.69. The third-order valence-electron chi connectivity index (χ3n) is 7.28. The molecule has 0 bridgehead atoms. The Morgan fingerprint density at radius 3 is 2.11 bits per heavy atom. The monoisotopic (exact) mass is 566 g/mol. The van der Waals surface area contributed by atoms with Crippen molar-refractivity contribution >= 4 is 55.9 Å². The van der Waals surface area contributed by atoms with Crippen LogP contribution in [-0.2, 0) is 45.3 Å². The minimum absolute atomic E-state index is 0.166. The number of carbonyl (C=O) groups is 1. The zero-order valence-electron chi connectivity index (χ0n) is 22.3. The molecule has 0 saturated carbocycles. The highest BCUT2D eigenvalue weighted by atomic mass is 32.2. The number of hydrogen-bond donors (Lipinski definition) is 2. The number of aryl methyl sites for hydroxylation is 2. The van der Waals surface area contributed by atoms with Crippen LogP contribution in [0.25, 0.3) is 0 Å². The molecule has 4 rings (SSSR count). The molecule has 0 saturated heterocycles. The second kappa shape index (κ2) is 9.56. The van der Waals surface area contributed by atoms with Gasteiger partial charge in [-0.25, -0.2) is 17.9 Å². The lowest BCUT2D eigenvalue weighted by molar-refractivity contribution is 0.257. The molecule has 198 valence electrons. The molecule has 1 heterocycles. The quantitative estimate of drug-likeness (QED) is 0.396. The van der Waals surface area contributed by atoms with Gasteiger partial charge in [0.2, 0.25) is 0 Å². The molecule has 1 aromatic heterocycles. The van der Waals surface area contributed by atoms with Crippen LogP contribution >= 0.6 is 11.3 Å². The van der Waals surface area contributed by atoms with Gasteiger partial charge in [0, 0.05) is 27.9 Å². The molecule has 2 aliphatic carbocycles. The fraction of sp³-hybridized carbons (Fsp3) is 0.560. The molecule has 36 heavy (non-hydrogen) atoms. The molecule has 2 aliphatic rings. The summed E-state index contributed by atoms with van der Waals surface area (Å²) in [5, 5.41) is 3.45. The maximum Gasteiger partial charge on any atom is 0.331 e. The van der Waals surface area contributed by atoms with Gasteiger partial charge in [-0.3, -0.25) is 4.03 Å². The first-order valence-electron chi connectivity index (χ1n) is 12.4. The van der Waals surface area contributed by atoms with Crippen molar-refractivity contribution in [1.29, 1.82) is 0 Å². The molecule has 2 amide bonds. The number of nitrogens with zero attached hydrogens (tertiary/aromatic N) is 2. The van der Waals surface area contributed by atoms with Crippen LogP contribution in [0.3, 0.4) is 0 Å². The molecule has 1 aromatic carbocycles. The van der Waals surface area contributed by atoms with E-state index in [-0.39, 0.29) is 5.04 Å². The van der Waals surface area contributed by atoms with Crippen LogP contribution in [0.2, 0.25) is 18.1 Å². The van der Waals surface area contributed by atoms with Gasteiger partial charge in [-0.15, -0.1) is 11.3 Å². The van der Waals surface area contributed by atoms with E-state index in [0.29, 0.717) is 9.21 Å². The first kappa shape index (κ1) is 27.3. The van der Waals surface area contributed by atoms with E-state index in [0.717, 1.165) is 44.2 Å². The Kier molecular flexibility index (Phi) is 7.26. The lowest BCUT2D eigenvalue weighted by Gasteiger charge is -2.33. The van der Waals surface area contributed by atoms with Crippen LogP contribution < -0.4 is 10.0 Å². The third kappa shape index (κ3) is 5.73. The molecule has 7 nitrogen and oxygen atoms in total. The minimum Gasteiger partial charge on any atom is -0.307 e. The molecule has 0 spiro atoms. The van der Waals surface area contributed by atoms with Crippen molar-refractivity contribution in [1.82, 2.24) is 4.72 Å². The van der Waals surface area contributed by atoms with Gasteiger partial charge in [0.25, 0.3) is 0 Å². The first-order chi connectivity index (χ1) is 16.6. The van der Waals surface area contributed by atoms with Gasteiger partial charge in [-0.1, -0.05) is 26.8 Å². The zero-order chi connectivity index (χ0) is 26.5. The summed E-state index contributed by atoms with van der Waals surface area (Å²) in [7, 11) is -8.10. The lowest BCUT2D eigenvalue weighted by atomic mass is 9.99. The summed E-state index contributed by atoms with van der Waals surface area (Å²) in [6.07, 6.45) is 9.27. The fourth-order valence-electron chi connectivity index (χ4n) is 4.53. The summed E-state index contributed by atoms with van der Waals surface area (Å²) in [6, 6.07) is 5.20. The topological polar surface area (TPSA) is 100.0 Å². The summed E-state index contributed by atoms with van der Waals surface area (Å²) in [5.41, 5.74) is 5.99. The third-order valence-corrected chi connectivity index (χ3v) is 17.4. The molecule has 0 aliphatic heterocycles. The number of hydrogen-bond acceptors (Lipinski definition) is 6. The van der Waals surface area contributed by atoms with Crippen LogP contribution in [-0.4, -0.2) is 35.2 Å². The summed E-state index contributed by atoms with van der Waals surface area (Å²) < 4.78 is 39.1. The number of fused-ring (bicyclic) bond motifs is 2. The summed E-state index contributed by atoms with van der Waals surface area (Å²) in [6.45, 7) is 10.4. The number of carbonyl (C=O) groups excluding carboxylic acids is 1. The summed E-state index contributed by atoms with van der Waals surface area (Å²) in [5.74, 6) is 0. The van der Waals surface area contributed by atoms with E-state index in [1.165, 1.54) is 33.6 Å². The Morgan fingerprint density at radius 1 is 1.00 bits per heavy atom. The average Bonchev–Trinajstić information content (AvgIpc) is 3.45. The number of nitrogens with one attached hydrogen (secondary N) is 2. The van der Waals surface area contributed by atoms with Crippen molar-refractivity contribution < 1.29 is 13.2 Å². The Morgan fingerprint density at radius 2 is 1.58 bits per heavy atom. The second-order valence-corrected chi connectivity index (χ2v) is 22.5. The summed E-state index contributed by atoms with van der Waals surface area (Å²) in [4.78, 5) is 13.5. The normalized spacial score (nSPS) is 17.2. The van der Waals surface area contributed by atoms with Crippen LogP contribution in [0, 0.1) is 0 Å². The number of rotatable bonds is 5. The molecule has 11 heteroatoms. The fourth-order valence-corrected chi connectivity index (χ4v) is 12.2. The largest absolute Gasteiger partial charge is 0.331 e. The predicted octanol–water partition coefficient (Wildman–Crippen LogP) is 6.65. The van der Waals surface area contributed by atoms with E-state index >= 15 is 0 Å². The van der Waals surface area contributed by atoms with Gasteiger partial charge in [0.05, 0.1) is 0 Å². The van der Waals surface area contributed by atoms with Crippen molar-refractivity contribution in [3.05, 3.63) is 40.5 Å². The molecule has 0 radical (unpaired) electrons. The maximum atomic E-state index is 14.5. The highest BCUT2D eigenvalue weighted by Crippen LogP contribution is 2.40. The maximum absolute atomic E-state index is 14.5. The van der Waals surface area contributed by atoms with Crippen LogP contribution in [0.1, 0.15) is 55.9 Å². The molecular weight excluding hydrogens is 529 g/mol. The average molecular weight is 567 g/mol. The number of urea groups is 1. The van der Waals surface area contributed by atoms with Gasteiger partial charge in [0.15, 0.2) is 18.2 Å².